The maximum atomic E-state index is 12.7. The number of carbonyl (C=O) groups excluding carboxylic acids is 1. The second-order valence-corrected chi connectivity index (χ2v) is 7.50. The molecule has 1 saturated heterocycles. The van der Waals surface area contributed by atoms with Crippen LogP contribution in [0.3, 0.4) is 0 Å². The third-order valence-electron chi connectivity index (χ3n) is 5.37. The van der Waals surface area contributed by atoms with Crippen LogP contribution in [-0.2, 0) is 18.4 Å². The summed E-state index contributed by atoms with van der Waals surface area (Å²) in [6, 6.07) is 5.69. The van der Waals surface area contributed by atoms with E-state index in [9.17, 15) is 9.59 Å². The second kappa shape index (κ2) is 6.45. The third kappa shape index (κ3) is 2.80. The molecule has 4 rings (SSSR count). The number of hydrogen-bond acceptors (Lipinski definition) is 5. The zero-order valence-corrected chi connectivity index (χ0v) is 16.1. The molecule has 0 saturated carbocycles. The number of carbonyl (C=O) groups is 1. The molecule has 0 N–H and O–H groups in total. The number of benzene rings is 1. The van der Waals surface area contributed by atoms with Gasteiger partial charge in [0.2, 0.25) is 11.7 Å². The molecule has 0 bridgehead atoms. The monoisotopic (exact) mass is 368 g/mol. The van der Waals surface area contributed by atoms with Gasteiger partial charge >= 0.3 is 0 Å². The number of fused-ring (bicyclic) bond motifs is 3. The lowest BCUT2D eigenvalue weighted by Crippen LogP contribution is -2.42. The van der Waals surface area contributed by atoms with Crippen LogP contribution in [0.1, 0.15) is 24.2 Å². The molecular formula is C19H24N6O2. The molecule has 0 aliphatic carbocycles. The first-order valence-electron chi connectivity index (χ1n) is 9.17. The Kier molecular flexibility index (Phi) is 4.22. The zero-order chi connectivity index (χ0) is 19.3. The maximum absolute atomic E-state index is 12.7. The van der Waals surface area contributed by atoms with Crippen molar-refractivity contribution >= 4 is 22.6 Å². The summed E-state index contributed by atoms with van der Waals surface area (Å²) in [5, 5.41) is 9.26. The molecule has 0 spiro atoms. The lowest BCUT2D eigenvalue weighted by Gasteiger charge is -2.25. The highest BCUT2D eigenvalue weighted by Gasteiger charge is 2.32. The topological polar surface area (TPSA) is 75.7 Å². The molecule has 1 atom stereocenters. The summed E-state index contributed by atoms with van der Waals surface area (Å²) < 4.78 is 3.47. The fourth-order valence-electron chi connectivity index (χ4n) is 3.94. The first-order chi connectivity index (χ1) is 12.9. The number of likely N-dealkylation sites (tertiary alicyclic amines) is 1. The van der Waals surface area contributed by atoms with E-state index < -0.39 is 0 Å². The fraction of sp³-hybridized carbons (Fsp3) is 0.474. The van der Waals surface area contributed by atoms with Crippen LogP contribution in [0.4, 0.5) is 0 Å². The van der Waals surface area contributed by atoms with E-state index in [1.165, 1.54) is 4.57 Å². The van der Waals surface area contributed by atoms with Gasteiger partial charge in [0.15, 0.2) is 5.82 Å². The summed E-state index contributed by atoms with van der Waals surface area (Å²) in [6.45, 7) is 3.34. The van der Waals surface area contributed by atoms with Gasteiger partial charge in [0.05, 0.1) is 23.5 Å². The molecule has 3 aromatic rings. The van der Waals surface area contributed by atoms with Crippen LogP contribution >= 0.6 is 0 Å². The first-order valence-corrected chi connectivity index (χ1v) is 9.17. The molecule has 1 amide bonds. The predicted molar refractivity (Wildman–Crippen MR) is 103 cm³/mol. The van der Waals surface area contributed by atoms with Crippen LogP contribution in [0.25, 0.3) is 16.7 Å². The van der Waals surface area contributed by atoms with Crippen molar-refractivity contribution in [2.45, 2.75) is 32.4 Å². The molecule has 3 heterocycles. The molecule has 8 heteroatoms. The van der Waals surface area contributed by atoms with Crippen LogP contribution in [0, 0.1) is 6.92 Å². The predicted octanol–water partition coefficient (Wildman–Crippen LogP) is 0.942. The average molecular weight is 368 g/mol. The lowest BCUT2D eigenvalue weighted by atomic mass is 10.1. The van der Waals surface area contributed by atoms with E-state index in [-0.39, 0.29) is 17.5 Å². The minimum Gasteiger partial charge on any atom is -0.347 e. The van der Waals surface area contributed by atoms with Crippen molar-refractivity contribution < 1.29 is 4.79 Å². The Hall–Kier alpha value is -2.74. The van der Waals surface area contributed by atoms with Gasteiger partial charge in [0.25, 0.3) is 5.56 Å². The van der Waals surface area contributed by atoms with E-state index in [1.807, 2.05) is 29.5 Å². The van der Waals surface area contributed by atoms with Crippen molar-refractivity contribution in [1.82, 2.24) is 29.0 Å². The van der Waals surface area contributed by atoms with E-state index >= 15 is 0 Å². The van der Waals surface area contributed by atoms with Crippen molar-refractivity contribution in [2.24, 2.45) is 7.05 Å². The molecule has 1 aliphatic heterocycles. The number of likely N-dealkylation sites (N-methyl/N-ethyl adjacent to an activating group) is 1. The van der Waals surface area contributed by atoms with E-state index in [0.29, 0.717) is 17.7 Å². The molecule has 1 aromatic carbocycles. The Morgan fingerprint density at radius 1 is 1.30 bits per heavy atom. The lowest BCUT2D eigenvalue weighted by molar-refractivity contribution is -0.133. The summed E-state index contributed by atoms with van der Waals surface area (Å²) in [4.78, 5) is 29.0. The highest BCUT2D eigenvalue weighted by molar-refractivity contribution is 5.82. The zero-order valence-electron chi connectivity index (χ0n) is 16.1. The van der Waals surface area contributed by atoms with Crippen molar-refractivity contribution in [2.75, 3.05) is 20.6 Å². The number of aryl methyl sites for hydroxylation is 2. The molecule has 27 heavy (non-hydrogen) atoms. The number of amides is 1. The van der Waals surface area contributed by atoms with E-state index in [1.54, 1.807) is 26.0 Å². The van der Waals surface area contributed by atoms with Gasteiger partial charge in [-0.15, -0.1) is 10.2 Å². The van der Waals surface area contributed by atoms with Crippen molar-refractivity contribution in [3.8, 4) is 0 Å². The quantitative estimate of drug-likeness (QED) is 0.688. The molecule has 2 aromatic heterocycles. The summed E-state index contributed by atoms with van der Waals surface area (Å²) in [6.07, 6.45) is 1.84. The average Bonchev–Trinajstić information content (AvgIpc) is 3.26. The Bertz CT molecular complexity index is 1100. The van der Waals surface area contributed by atoms with Gasteiger partial charge < -0.3 is 4.90 Å². The summed E-state index contributed by atoms with van der Waals surface area (Å²) in [5.41, 5.74) is 1.75. The molecule has 1 fully saturated rings. The number of hydrogen-bond donors (Lipinski definition) is 0. The fourth-order valence-corrected chi connectivity index (χ4v) is 3.94. The van der Waals surface area contributed by atoms with Crippen molar-refractivity contribution in [3.05, 3.63) is 39.9 Å². The summed E-state index contributed by atoms with van der Waals surface area (Å²) >= 11 is 0. The molecule has 1 unspecified atom stereocenters. The van der Waals surface area contributed by atoms with E-state index in [0.717, 1.165) is 36.3 Å². The van der Waals surface area contributed by atoms with Crippen LogP contribution in [0.5, 0.6) is 0 Å². The van der Waals surface area contributed by atoms with Gasteiger partial charge in [-0.2, -0.15) is 0 Å². The highest BCUT2D eigenvalue weighted by Crippen LogP contribution is 2.22. The standard InChI is InChI=1S/C19H24N6O2/c1-12-7-8-14-13(10-12)17(26)23(4)19-21-20-16(25(14)19)11-24-9-5-6-15(24)18(27)22(2)3/h7-8,10,15H,5-6,9,11H2,1-4H3. The van der Waals surface area contributed by atoms with E-state index in [4.69, 9.17) is 0 Å². The minimum atomic E-state index is -0.131. The molecule has 142 valence electrons. The molecule has 8 nitrogen and oxygen atoms in total. The summed E-state index contributed by atoms with van der Waals surface area (Å²) in [5.74, 6) is 1.38. The number of rotatable bonds is 3. The number of aromatic nitrogens is 4. The van der Waals surface area contributed by atoms with Crippen LogP contribution in [0.2, 0.25) is 0 Å². The number of nitrogens with zero attached hydrogens (tertiary/aromatic N) is 6. The van der Waals surface area contributed by atoms with Crippen LogP contribution in [-0.4, -0.2) is 61.6 Å². The minimum absolute atomic E-state index is 0.0815. The maximum Gasteiger partial charge on any atom is 0.262 e. The van der Waals surface area contributed by atoms with Crippen LogP contribution < -0.4 is 5.56 Å². The Balaban J connectivity index is 1.83. The normalized spacial score (nSPS) is 17.9. The van der Waals surface area contributed by atoms with E-state index in [2.05, 4.69) is 15.1 Å². The van der Waals surface area contributed by atoms with Gasteiger partial charge in [-0.05, 0) is 38.4 Å². The molecule has 0 radical (unpaired) electrons. The van der Waals surface area contributed by atoms with Gasteiger partial charge in [0, 0.05) is 21.1 Å². The smallest absolute Gasteiger partial charge is 0.262 e. The summed E-state index contributed by atoms with van der Waals surface area (Å²) in [7, 11) is 5.29. The SMILES string of the molecule is Cc1ccc2c(c1)c(=O)n(C)c1nnc(CN3CCCC3C(=O)N(C)C)n21. The van der Waals surface area contributed by atoms with Gasteiger partial charge in [-0.3, -0.25) is 23.5 Å². The van der Waals surface area contributed by atoms with Crippen molar-refractivity contribution in [1.29, 1.82) is 0 Å². The second-order valence-electron chi connectivity index (χ2n) is 7.50. The van der Waals surface area contributed by atoms with Gasteiger partial charge in [-0.1, -0.05) is 11.6 Å². The van der Waals surface area contributed by atoms with Crippen LogP contribution in [0.15, 0.2) is 23.0 Å². The Morgan fingerprint density at radius 3 is 2.81 bits per heavy atom. The Labute approximate surface area is 157 Å². The highest BCUT2D eigenvalue weighted by atomic mass is 16.2. The Morgan fingerprint density at radius 2 is 2.07 bits per heavy atom. The molecular weight excluding hydrogens is 344 g/mol. The van der Waals surface area contributed by atoms with Gasteiger partial charge in [0.1, 0.15) is 0 Å². The largest absolute Gasteiger partial charge is 0.347 e. The van der Waals surface area contributed by atoms with Gasteiger partial charge in [-0.25, -0.2) is 0 Å². The molecule has 1 aliphatic rings. The van der Waals surface area contributed by atoms with Crippen molar-refractivity contribution in [3.63, 3.8) is 0 Å². The third-order valence-corrected chi connectivity index (χ3v) is 5.37. The first kappa shape index (κ1) is 17.7.